The molecule has 33 heavy (non-hydrogen) atoms. The van der Waals surface area contributed by atoms with Gasteiger partial charge >= 0.3 is 5.97 Å². The van der Waals surface area contributed by atoms with Crippen LogP contribution in [0.25, 0.3) is 0 Å². The van der Waals surface area contributed by atoms with Gasteiger partial charge in [0.05, 0.1) is 20.1 Å². The summed E-state index contributed by atoms with van der Waals surface area (Å²) in [6, 6.07) is 5.85. The molecule has 0 radical (unpaired) electrons. The molecule has 0 saturated heterocycles. The van der Waals surface area contributed by atoms with Crippen molar-refractivity contribution in [3.05, 3.63) is 47.5 Å². The molecule has 1 saturated carbocycles. The van der Waals surface area contributed by atoms with Gasteiger partial charge in [-0.1, -0.05) is 19.4 Å². The van der Waals surface area contributed by atoms with E-state index in [4.69, 9.17) is 14.2 Å². The molecular weight excluding hydrogens is 429 g/mol. The molecular formula is C25H30FNO6. The third-order valence-corrected chi connectivity index (χ3v) is 6.29. The van der Waals surface area contributed by atoms with Gasteiger partial charge in [0, 0.05) is 36.2 Å². The molecule has 0 amide bonds. The van der Waals surface area contributed by atoms with Crippen LogP contribution in [0.1, 0.15) is 61.5 Å². The molecule has 0 aliphatic heterocycles. The summed E-state index contributed by atoms with van der Waals surface area (Å²) >= 11 is 0. The van der Waals surface area contributed by atoms with Crippen LogP contribution in [0, 0.1) is 17.7 Å². The second-order valence-corrected chi connectivity index (χ2v) is 8.48. The van der Waals surface area contributed by atoms with Crippen LogP contribution < -0.4 is 9.47 Å². The van der Waals surface area contributed by atoms with E-state index in [0.29, 0.717) is 11.7 Å². The Labute approximate surface area is 192 Å². The van der Waals surface area contributed by atoms with E-state index >= 15 is 0 Å². The van der Waals surface area contributed by atoms with Crippen LogP contribution in [-0.2, 0) is 9.53 Å². The van der Waals surface area contributed by atoms with Crippen LogP contribution in [-0.4, -0.2) is 42.2 Å². The van der Waals surface area contributed by atoms with Crippen molar-refractivity contribution < 1.29 is 33.3 Å². The van der Waals surface area contributed by atoms with Crippen molar-refractivity contribution in [2.45, 2.75) is 51.6 Å². The molecule has 178 valence electrons. The number of carbonyl (C=O) groups is 2. The summed E-state index contributed by atoms with van der Waals surface area (Å²) in [4.78, 5) is 29.4. The van der Waals surface area contributed by atoms with Crippen molar-refractivity contribution in [2.24, 2.45) is 11.8 Å². The van der Waals surface area contributed by atoms with Crippen LogP contribution in [0.2, 0.25) is 0 Å². The lowest BCUT2D eigenvalue weighted by Gasteiger charge is -2.38. The molecule has 0 unspecified atom stereocenters. The van der Waals surface area contributed by atoms with E-state index in [1.54, 1.807) is 13.0 Å². The molecule has 1 heterocycles. The maximum atomic E-state index is 13.7. The summed E-state index contributed by atoms with van der Waals surface area (Å²) in [6.07, 6.45) is 3.75. The monoisotopic (exact) mass is 459 g/mol. The molecule has 3 rings (SSSR count). The highest BCUT2D eigenvalue weighted by atomic mass is 19.1. The fourth-order valence-electron chi connectivity index (χ4n) is 4.29. The van der Waals surface area contributed by atoms with Gasteiger partial charge in [0.25, 0.3) is 0 Å². The number of ketones is 1. The Morgan fingerprint density at radius 2 is 1.85 bits per heavy atom. The molecule has 2 aromatic rings. The number of pyridine rings is 1. The Morgan fingerprint density at radius 3 is 2.45 bits per heavy atom. The quantitative estimate of drug-likeness (QED) is 0.408. The van der Waals surface area contributed by atoms with Crippen LogP contribution in [0.15, 0.2) is 30.5 Å². The van der Waals surface area contributed by atoms with E-state index < -0.39 is 29.6 Å². The molecule has 1 aromatic heterocycles. The smallest absolute Gasteiger partial charge is 0.309 e. The van der Waals surface area contributed by atoms with Gasteiger partial charge in [-0.05, 0) is 31.7 Å². The molecule has 0 spiro atoms. The van der Waals surface area contributed by atoms with E-state index in [-0.39, 0.29) is 29.5 Å². The van der Waals surface area contributed by atoms with Gasteiger partial charge in [0.2, 0.25) is 0 Å². The number of halogens is 1. The number of rotatable bonds is 10. The molecule has 1 N–H and O–H groups in total. The van der Waals surface area contributed by atoms with Crippen molar-refractivity contribution in [2.75, 3.05) is 14.2 Å². The van der Waals surface area contributed by atoms with Crippen molar-refractivity contribution in [1.82, 2.24) is 4.98 Å². The lowest BCUT2D eigenvalue weighted by molar-refractivity contribution is -0.154. The van der Waals surface area contributed by atoms with Crippen molar-refractivity contribution in [3.8, 4) is 17.2 Å². The molecule has 8 heteroatoms. The number of benzene rings is 1. The van der Waals surface area contributed by atoms with Crippen LogP contribution in [0.3, 0.4) is 0 Å². The van der Waals surface area contributed by atoms with Gasteiger partial charge < -0.3 is 19.3 Å². The second kappa shape index (κ2) is 10.6. The lowest BCUT2D eigenvalue weighted by atomic mass is 9.70. The summed E-state index contributed by atoms with van der Waals surface area (Å²) in [6.45, 7) is 3.41. The first-order valence-corrected chi connectivity index (χ1v) is 11.1. The SMILES string of the molecule is COc1cc(F)ccc1[C@H](C1CCC1)[C@H](C)OC(=O)[C@H](C)CC(=O)c1nccc(OC)c1O. The van der Waals surface area contributed by atoms with Gasteiger partial charge in [-0.15, -0.1) is 0 Å². The van der Waals surface area contributed by atoms with Crippen molar-refractivity contribution >= 4 is 11.8 Å². The Balaban J connectivity index is 1.72. The summed E-state index contributed by atoms with van der Waals surface area (Å²) in [7, 11) is 2.86. The minimum absolute atomic E-state index is 0.133. The minimum Gasteiger partial charge on any atom is -0.503 e. The van der Waals surface area contributed by atoms with Gasteiger partial charge in [0.15, 0.2) is 23.0 Å². The summed E-state index contributed by atoms with van der Waals surface area (Å²) in [5.74, 6) is -1.80. The fourth-order valence-corrected chi connectivity index (χ4v) is 4.29. The van der Waals surface area contributed by atoms with E-state index in [2.05, 4.69) is 4.98 Å². The molecule has 1 aromatic carbocycles. The first-order chi connectivity index (χ1) is 15.8. The zero-order valence-electron chi connectivity index (χ0n) is 19.3. The average Bonchev–Trinajstić information content (AvgIpc) is 2.76. The number of aromatic nitrogens is 1. The summed E-state index contributed by atoms with van der Waals surface area (Å²) in [5, 5.41) is 10.2. The largest absolute Gasteiger partial charge is 0.503 e. The Morgan fingerprint density at radius 1 is 1.15 bits per heavy atom. The first-order valence-electron chi connectivity index (χ1n) is 11.1. The fraction of sp³-hybridized carbons (Fsp3) is 0.480. The van der Waals surface area contributed by atoms with E-state index in [9.17, 15) is 19.1 Å². The molecule has 0 bridgehead atoms. The van der Waals surface area contributed by atoms with Crippen LogP contribution in [0.4, 0.5) is 4.39 Å². The maximum Gasteiger partial charge on any atom is 0.309 e. The third kappa shape index (κ3) is 5.43. The highest BCUT2D eigenvalue weighted by Crippen LogP contribution is 2.45. The van der Waals surface area contributed by atoms with Crippen LogP contribution >= 0.6 is 0 Å². The topological polar surface area (TPSA) is 95.0 Å². The number of ether oxygens (including phenoxy) is 3. The van der Waals surface area contributed by atoms with Gasteiger partial charge in [-0.3, -0.25) is 9.59 Å². The highest BCUT2D eigenvalue weighted by molar-refractivity contribution is 5.99. The normalized spacial score (nSPS) is 16.3. The summed E-state index contributed by atoms with van der Waals surface area (Å²) < 4.78 is 29.9. The van der Waals surface area contributed by atoms with Crippen molar-refractivity contribution in [3.63, 3.8) is 0 Å². The average molecular weight is 460 g/mol. The molecule has 1 fully saturated rings. The number of aromatic hydroxyl groups is 1. The number of Topliss-reactive ketones (excluding diaryl/α,β-unsaturated/α-hetero) is 1. The van der Waals surface area contributed by atoms with Crippen molar-refractivity contribution in [1.29, 1.82) is 0 Å². The van der Waals surface area contributed by atoms with Gasteiger partial charge in [-0.25, -0.2) is 9.37 Å². The van der Waals surface area contributed by atoms with E-state index in [0.717, 1.165) is 24.8 Å². The maximum absolute atomic E-state index is 13.7. The predicted molar refractivity (Wildman–Crippen MR) is 119 cm³/mol. The number of methoxy groups -OCH3 is 2. The van der Waals surface area contributed by atoms with Gasteiger partial charge in [-0.2, -0.15) is 0 Å². The number of hydrogen-bond acceptors (Lipinski definition) is 7. The molecule has 1 aliphatic rings. The number of hydrogen-bond donors (Lipinski definition) is 1. The first kappa shape index (κ1) is 24.5. The van der Waals surface area contributed by atoms with Gasteiger partial charge in [0.1, 0.15) is 17.7 Å². The Bertz CT molecular complexity index is 1010. The number of carbonyl (C=O) groups excluding carboxylic acids is 2. The van der Waals surface area contributed by atoms with E-state index in [1.165, 1.54) is 38.6 Å². The molecule has 1 aliphatic carbocycles. The Hall–Kier alpha value is -3.16. The summed E-state index contributed by atoms with van der Waals surface area (Å²) in [5.41, 5.74) is 0.656. The highest BCUT2D eigenvalue weighted by Gasteiger charge is 2.37. The second-order valence-electron chi connectivity index (χ2n) is 8.48. The number of nitrogens with zero attached hydrogens (tertiary/aromatic N) is 1. The standard InChI is InChI=1S/C25H30FNO6/c1-14(12-19(28)23-24(29)20(31-3)10-11-27-23)25(30)33-15(2)22(16-6-5-7-16)18-9-8-17(26)13-21(18)32-4/h8-11,13-16,22,29H,5-7,12H2,1-4H3/t14-,15+,22+/m1/s1. The zero-order valence-corrected chi connectivity index (χ0v) is 19.3. The molecule has 3 atom stereocenters. The third-order valence-electron chi connectivity index (χ3n) is 6.29. The minimum atomic E-state index is -0.746. The lowest BCUT2D eigenvalue weighted by Crippen LogP contribution is -2.33. The van der Waals surface area contributed by atoms with Crippen LogP contribution in [0.5, 0.6) is 17.2 Å². The predicted octanol–water partition coefficient (Wildman–Crippen LogP) is 4.67. The van der Waals surface area contributed by atoms with E-state index in [1.807, 2.05) is 6.92 Å². The Kier molecular flexibility index (Phi) is 7.89. The zero-order chi connectivity index (χ0) is 24.1. The number of esters is 1. The molecule has 7 nitrogen and oxygen atoms in total.